The fourth-order valence-electron chi connectivity index (χ4n) is 3.81. The normalized spacial score (nSPS) is 28.7. The second-order valence-corrected chi connectivity index (χ2v) is 6.44. The third-order valence-corrected chi connectivity index (χ3v) is 5.19. The molecule has 106 valence electrons. The summed E-state index contributed by atoms with van der Waals surface area (Å²) in [6.07, 6.45) is 8.02. The zero-order valence-corrected chi connectivity index (χ0v) is 11.6. The highest BCUT2D eigenvalue weighted by molar-refractivity contribution is 5.08. The molecule has 2 aliphatic carbocycles. The van der Waals surface area contributed by atoms with E-state index in [0.717, 1.165) is 38.5 Å². The highest BCUT2D eigenvalue weighted by Gasteiger charge is 2.56. The maximum atomic E-state index is 11.1. The summed E-state index contributed by atoms with van der Waals surface area (Å²) < 4.78 is 0. The van der Waals surface area contributed by atoms with Gasteiger partial charge >= 0.3 is 0 Å². The Bertz CT molecular complexity index is 269. The Labute approximate surface area is 110 Å². The van der Waals surface area contributed by atoms with E-state index < -0.39 is 17.3 Å². The molecule has 2 fully saturated rings. The maximum absolute atomic E-state index is 11.1. The minimum atomic E-state index is -1.06. The molecule has 18 heavy (non-hydrogen) atoms. The second kappa shape index (κ2) is 5.48. The van der Waals surface area contributed by atoms with Gasteiger partial charge in [0, 0.05) is 6.42 Å². The number of hydrogen-bond acceptors (Lipinski definition) is 3. The lowest BCUT2D eigenvalue weighted by molar-refractivity contribution is -0.207. The minimum absolute atomic E-state index is 0.187. The molecule has 3 nitrogen and oxygen atoms in total. The van der Waals surface area contributed by atoms with E-state index in [9.17, 15) is 15.3 Å². The number of rotatable bonds is 6. The van der Waals surface area contributed by atoms with Crippen molar-refractivity contribution < 1.29 is 15.3 Å². The molecular formula is C15H28O3. The Hall–Kier alpha value is -0.120. The van der Waals surface area contributed by atoms with Crippen molar-refractivity contribution in [3.8, 4) is 0 Å². The quantitative estimate of drug-likeness (QED) is 0.684. The van der Waals surface area contributed by atoms with Gasteiger partial charge in [-0.1, -0.05) is 32.6 Å². The first-order valence-electron chi connectivity index (χ1n) is 7.64. The van der Waals surface area contributed by atoms with E-state index in [1.807, 2.05) is 6.92 Å². The standard InChI is InChI=1S/C15H28O3/c1-2-6-13(16)11-15(18,12-7-5-8-12)14(17)9-3-4-10-14/h12-13,16-18H,2-11H2,1H3. The summed E-state index contributed by atoms with van der Waals surface area (Å²) in [6, 6.07) is 0. The van der Waals surface area contributed by atoms with Crippen molar-refractivity contribution in [2.24, 2.45) is 5.92 Å². The zero-order chi connectivity index (χ0) is 13.2. The lowest BCUT2D eigenvalue weighted by Gasteiger charge is -2.51. The summed E-state index contributed by atoms with van der Waals surface area (Å²) >= 11 is 0. The van der Waals surface area contributed by atoms with Gasteiger partial charge in [-0.15, -0.1) is 0 Å². The third kappa shape index (κ3) is 2.45. The van der Waals surface area contributed by atoms with Crippen LogP contribution in [0, 0.1) is 5.92 Å². The largest absolute Gasteiger partial charge is 0.393 e. The van der Waals surface area contributed by atoms with Crippen LogP contribution >= 0.6 is 0 Å². The molecule has 0 amide bonds. The van der Waals surface area contributed by atoms with Crippen LogP contribution in [0.1, 0.15) is 71.1 Å². The van der Waals surface area contributed by atoms with E-state index in [-0.39, 0.29) is 5.92 Å². The predicted molar refractivity (Wildman–Crippen MR) is 71.2 cm³/mol. The first-order chi connectivity index (χ1) is 8.52. The summed E-state index contributed by atoms with van der Waals surface area (Å²) in [7, 11) is 0. The SMILES string of the molecule is CCCC(O)CC(O)(C1CCC1)C1(O)CCCC1. The van der Waals surface area contributed by atoms with Crippen LogP contribution in [0.25, 0.3) is 0 Å². The van der Waals surface area contributed by atoms with Gasteiger partial charge in [0.2, 0.25) is 0 Å². The molecule has 2 unspecified atom stereocenters. The van der Waals surface area contributed by atoms with Crippen LogP contribution in [0.4, 0.5) is 0 Å². The van der Waals surface area contributed by atoms with Crippen molar-refractivity contribution in [2.45, 2.75) is 88.4 Å². The van der Waals surface area contributed by atoms with Crippen LogP contribution in [0.3, 0.4) is 0 Å². The van der Waals surface area contributed by atoms with Crippen LogP contribution < -0.4 is 0 Å². The molecule has 2 aliphatic rings. The molecule has 0 heterocycles. The van der Waals surface area contributed by atoms with E-state index in [1.54, 1.807) is 0 Å². The van der Waals surface area contributed by atoms with Crippen LogP contribution in [0.2, 0.25) is 0 Å². The van der Waals surface area contributed by atoms with Crippen molar-refractivity contribution in [1.82, 2.24) is 0 Å². The molecule has 0 aromatic carbocycles. The first-order valence-corrected chi connectivity index (χ1v) is 7.64. The monoisotopic (exact) mass is 256 g/mol. The molecule has 3 heteroatoms. The molecule has 0 radical (unpaired) electrons. The topological polar surface area (TPSA) is 60.7 Å². The van der Waals surface area contributed by atoms with E-state index in [2.05, 4.69) is 0 Å². The summed E-state index contributed by atoms with van der Waals surface area (Å²) in [6.45, 7) is 2.04. The lowest BCUT2D eigenvalue weighted by Crippen LogP contribution is -2.60. The third-order valence-electron chi connectivity index (χ3n) is 5.19. The van der Waals surface area contributed by atoms with Crippen LogP contribution in [0.5, 0.6) is 0 Å². The highest BCUT2D eigenvalue weighted by atomic mass is 16.4. The molecule has 0 saturated heterocycles. The molecule has 2 rings (SSSR count). The minimum Gasteiger partial charge on any atom is -0.393 e. The Morgan fingerprint density at radius 3 is 2.28 bits per heavy atom. The molecule has 0 aromatic rings. The van der Waals surface area contributed by atoms with Gasteiger partial charge in [-0.25, -0.2) is 0 Å². The van der Waals surface area contributed by atoms with Gasteiger partial charge < -0.3 is 15.3 Å². The molecule has 3 N–H and O–H groups in total. The average Bonchev–Trinajstić information content (AvgIpc) is 2.64. The Morgan fingerprint density at radius 1 is 1.22 bits per heavy atom. The number of aliphatic hydroxyl groups is 3. The lowest BCUT2D eigenvalue weighted by atomic mass is 9.62. The summed E-state index contributed by atoms with van der Waals surface area (Å²) in [4.78, 5) is 0. The molecule has 0 spiro atoms. The van der Waals surface area contributed by atoms with Crippen molar-refractivity contribution in [3.63, 3.8) is 0 Å². The fraction of sp³-hybridized carbons (Fsp3) is 1.00. The van der Waals surface area contributed by atoms with Gasteiger partial charge in [0.05, 0.1) is 17.3 Å². The highest BCUT2D eigenvalue weighted by Crippen LogP contribution is 2.50. The molecule has 0 bridgehead atoms. The van der Waals surface area contributed by atoms with Crippen LogP contribution in [-0.2, 0) is 0 Å². The van der Waals surface area contributed by atoms with Gasteiger partial charge in [-0.2, -0.15) is 0 Å². The molecule has 0 aliphatic heterocycles. The summed E-state index contributed by atoms with van der Waals surface area (Å²) in [5, 5.41) is 31.9. The van der Waals surface area contributed by atoms with Crippen molar-refractivity contribution in [1.29, 1.82) is 0 Å². The molecule has 0 aromatic heterocycles. The molecular weight excluding hydrogens is 228 g/mol. The Morgan fingerprint density at radius 2 is 1.83 bits per heavy atom. The molecule has 2 saturated carbocycles. The van der Waals surface area contributed by atoms with Gasteiger partial charge in [0.15, 0.2) is 0 Å². The van der Waals surface area contributed by atoms with E-state index in [0.29, 0.717) is 25.7 Å². The Kier molecular flexibility index (Phi) is 4.35. The smallest absolute Gasteiger partial charge is 0.0985 e. The van der Waals surface area contributed by atoms with Crippen molar-refractivity contribution >= 4 is 0 Å². The first kappa shape index (κ1) is 14.3. The molecule has 2 atom stereocenters. The van der Waals surface area contributed by atoms with E-state index in [1.165, 1.54) is 0 Å². The predicted octanol–water partition coefficient (Wildman–Crippen LogP) is 2.37. The van der Waals surface area contributed by atoms with E-state index >= 15 is 0 Å². The van der Waals surface area contributed by atoms with Gasteiger partial charge in [-0.05, 0) is 38.0 Å². The van der Waals surface area contributed by atoms with Gasteiger partial charge in [0.1, 0.15) is 0 Å². The second-order valence-electron chi connectivity index (χ2n) is 6.44. The van der Waals surface area contributed by atoms with Crippen LogP contribution in [-0.4, -0.2) is 32.6 Å². The maximum Gasteiger partial charge on any atom is 0.0985 e. The van der Waals surface area contributed by atoms with Crippen LogP contribution in [0.15, 0.2) is 0 Å². The Balaban J connectivity index is 2.11. The number of aliphatic hydroxyl groups excluding tert-OH is 1. The summed E-state index contributed by atoms with van der Waals surface area (Å²) in [5.74, 6) is 0.187. The summed E-state index contributed by atoms with van der Waals surface area (Å²) in [5.41, 5.74) is -2.01. The van der Waals surface area contributed by atoms with Gasteiger partial charge in [-0.3, -0.25) is 0 Å². The van der Waals surface area contributed by atoms with Crippen molar-refractivity contribution in [3.05, 3.63) is 0 Å². The fourth-order valence-corrected chi connectivity index (χ4v) is 3.81. The van der Waals surface area contributed by atoms with Crippen molar-refractivity contribution in [2.75, 3.05) is 0 Å². The van der Waals surface area contributed by atoms with Gasteiger partial charge in [0.25, 0.3) is 0 Å². The number of hydrogen-bond donors (Lipinski definition) is 3. The van der Waals surface area contributed by atoms with E-state index in [4.69, 9.17) is 0 Å². The zero-order valence-electron chi connectivity index (χ0n) is 11.6. The average molecular weight is 256 g/mol.